The first kappa shape index (κ1) is 43.8. The SMILES string of the molecule is Cc1ccnc(N(CCCC(=O)NCC(=O)N[C@@H](CC(=O)OCc2cc(B(O)O)c3ccsc3c2OCc2ccccc2)c2ccc(Br)cc2)C(=O)OC(C)(C)C)c1. The van der Waals surface area contributed by atoms with Gasteiger partial charge in [0, 0.05) is 29.2 Å². The Morgan fingerprint density at radius 1 is 0.966 bits per heavy atom. The Labute approximate surface area is 350 Å². The Kier molecular flexibility index (Phi) is 15.4. The number of aryl methyl sites for hydroxylation is 1. The monoisotopic (exact) mass is 872 g/mol. The Bertz CT molecular complexity index is 2200. The zero-order valence-electron chi connectivity index (χ0n) is 32.7. The fourth-order valence-corrected chi connectivity index (χ4v) is 7.14. The van der Waals surface area contributed by atoms with Gasteiger partial charge in [-0.25, -0.2) is 9.78 Å². The zero-order chi connectivity index (χ0) is 41.8. The van der Waals surface area contributed by atoms with Crippen molar-refractivity contribution in [3.8, 4) is 5.75 Å². The summed E-state index contributed by atoms with van der Waals surface area (Å²) in [6.07, 6.45) is 1.05. The van der Waals surface area contributed by atoms with E-state index in [1.807, 2.05) is 48.7 Å². The van der Waals surface area contributed by atoms with Crippen molar-refractivity contribution in [3.05, 3.63) is 117 Å². The third-order valence-corrected chi connectivity index (χ3v) is 10.1. The van der Waals surface area contributed by atoms with E-state index in [1.54, 1.807) is 69.4 Å². The molecule has 0 fully saturated rings. The number of anilines is 1. The van der Waals surface area contributed by atoms with E-state index in [1.165, 1.54) is 16.2 Å². The summed E-state index contributed by atoms with van der Waals surface area (Å²) in [5.41, 5.74) is 2.42. The van der Waals surface area contributed by atoms with Gasteiger partial charge < -0.3 is 34.9 Å². The number of rotatable bonds is 17. The smallest absolute Gasteiger partial charge is 0.487 e. The highest BCUT2D eigenvalue weighted by Crippen LogP contribution is 2.35. The molecule has 0 bridgehead atoms. The van der Waals surface area contributed by atoms with E-state index in [4.69, 9.17) is 14.2 Å². The van der Waals surface area contributed by atoms with E-state index < -0.39 is 42.6 Å². The van der Waals surface area contributed by atoms with Crippen LogP contribution in [0.4, 0.5) is 10.6 Å². The van der Waals surface area contributed by atoms with Gasteiger partial charge in [0.2, 0.25) is 11.8 Å². The summed E-state index contributed by atoms with van der Waals surface area (Å²) in [6, 6.07) is 22.7. The topological polar surface area (TPSA) is 177 Å². The van der Waals surface area contributed by atoms with Gasteiger partial charge in [-0.05, 0) is 97.4 Å². The van der Waals surface area contributed by atoms with E-state index in [9.17, 15) is 29.2 Å². The van der Waals surface area contributed by atoms with Gasteiger partial charge in [-0.3, -0.25) is 19.3 Å². The lowest BCUT2D eigenvalue weighted by Crippen LogP contribution is -2.40. The third kappa shape index (κ3) is 12.9. The zero-order valence-corrected chi connectivity index (χ0v) is 35.1. The maximum Gasteiger partial charge on any atom is 0.489 e. The van der Waals surface area contributed by atoms with Crippen LogP contribution in [0.5, 0.6) is 5.75 Å². The van der Waals surface area contributed by atoms with E-state index in [0.29, 0.717) is 32.8 Å². The summed E-state index contributed by atoms with van der Waals surface area (Å²) < 4.78 is 19.0. The molecule has 0 aliphatic carbocycles. The first-order valence-electron chi connectivity index (χ1n) is 18.6. The maximum absolute atomic E-state index is 13.4. The molecule has 304 valence electrons. The average Bonchev–Trinajstić information content (AvgIpc) is 3.67. The van der Waals surface area contributed by atoms with Crippen molar-refractivity contribution in [2.45, 2.75) is 71.8 Å². The van der Waals surface area contributed by atoms with Crippen molar-refractivity contribution in [1.29, 1.82) is 0 Å². The molecule has 5 rings (SSSR count). The Hall–Kier alpha value is -5.29. The molecule has 0 saturated heterocycles. The molecule has 3 aromatic carbocycles. The molecule has 0 saturated carbocycles. The number of ether oxygens (including phenoxy) is 3. The second-order valence-electron chi connectivity index (χ2n) is 14.5. The fourth-order valence-electron chi connectivity index (χ4n) is 5.92. The van der Waals surface area contributed by atoms with Gasteiger partial charge in [-0.15, -0.1) is 11.3 Å². The quantitative estimate of drug-likeness (QED) is 0.0617. The van der Waals surface area contributed by atoms with Crippen molar-refractivity contribution in [2.75, 3.05) is 18.0 Å². The number of nitrogens with one attached hydrogen (secondary N) is 2. The average molecular weight is 874 g/mol. The summed E-state index contributed by atoms with van der Waals surface area (Å²) in [6.45, 7) is 6.98. The number of carbonyl (C=O) groups excluding carboxylic acids is 4. The Balaban J connectivity index is 1.20. The molecule has 13 nitrogen and oxygen atoms in total. The molecule has 4 N–H and O–H groups in total. The third-order valence-electron chi connectivity index (χ3n) is 8.70. The van der Waals surface area contributed by atoms with Crippen LogP contribution < -0.4 is 25.7 Å². The normalized spacial score (nSPS) is 11.7. The Morgan fingerprint density at radius 2 is 1.71 bits per heavy atom. The molecular weight excluding hydrogens is 827 g/mol. The maximum atomic E-state index is 13.4. The summed E-state index contributed by atoms with van der Waals surface area (Å²) in [5, 5.41) is 28.2. The van der Waals surface area contributed by atoms with Gasteiger partial charge in [0.1, 0.15) is 30.4 Å². The molecule has 0 aliphatic rings. The van der Waals surface area contributed by atoms with Crippen molar-refractivity contribution in [1.82, 2.24) is 15.6 Å². The number of aromatic nitrogens is 1. The molecule has 1 atom stereocenters. The number of amides is 3. The van der Waals surface area contributed by atoms with Gasteiger partial charge in [0.15, 0.2) is 0 Å². The van der Waals surface area contributed by atoms with E-state index in [-0.39, 0.29) is 51.0 Å². The number of nitrogens with zero attached hydrogens (tertiary/aromatic N) is 2. The van der Waals surface area contributed by atoms with E-state index in [0.717, 1.165) is 15.6 Å². The first-order valence-corrected chi connectivity index (χ1v) is 20.3. The van der Waals surface area contributed by atoms with Gasteiger partial charge in [0.25, 0.3) is 0 Å². The first-order chi connectivity index (χ1) is 27.7. The lowest BCUT2D eigenvalue weighted by atomic mass is 9.77. The number of hydrogen-bond acceptors (Lipinski definition) is 11. The number of carbonyl (C=O) groups is 4. The van der Waals surface area contributed by atoms with Crippen LogP contribution in [-0.2, 0) is 37.1 Å². The number of benzene rings is 3. The molecule has 2 heterocycles. The fraction of sp³-hybridized carbons (Fsp3) is 0.310. The molecule has 58 heavy (non-hydrogen) atoms. The molecule has 2 aromatic heterocycles. The Morgan fingerprint density at radius 3 is 2.40 bits per heavy atom. The number of esters is 1. The molecule has 16 heteroatoms. The molecule has 0 aliphatic heterocycles. The standard InChI is InChI=1S/C42H46BBrN4O9S/c1-27-16-18-45-35(21-27)48(41(52)57-42(2,3)4)19-8-11-36(49)46-24-37(50)47-34(29-12-14-31(44)15-13-29)23-38(51)55-26-30-22-33(43(53)54)32-17-20-58-40(32)39(30)56-25-28-9-6-5-7-10-28/h5-7,9-10,12-18,20-22,34,53-54H,8,11,19,23-26H2,1-4H3,(H,46,49)(H,47,50)/t34-/m0/s1. The lowest BCUT2D eigenvalue weighted by Gasteiger charge is -2.27. The van der Waals surface area contributed by atoms with Crippen LogP contribution >= 0.6 is 27.3 Å². The number of hydrogen-bond donors (Lipinski definition) is 4. The molecule has 0 unspecified atom stereocenters. The molecular formula is C42H46BBrN4O9S. The highest BCUT2D eigenvalue weighted by molar-refractivity contribution is 9.10. The van der Waals surface area contributed by atoms with E-state index in [2.05, 4.69) is 31.5 Å². The molecule has 0 radical (unpaired) electrons. The predicted molar refractivity (Wildman–Crippen MR) is 227 cm³/mol. The minimum atomic E-state index is -1.77. The molecule has 5 aromatic rings. The molecule has 0 spiro atoms. The van der Waals surface area contributed by atoms with Crippen LogP contribution in [0.2, 0.25) is 0 Å². The van der Waals surface area contributed by atoms with Gasteiger partial charge in [-0.2, -0.15) is 0 Å². The number of fused-ring (bicyclic) bond motifs is 1. The lowest BCUT2D eigenvalue weighted by molar-refractivity contribution is -0.145. The van der Waals surface area contributed by atoms with E-state index >= 15 is 0 Å². The largest absolute Gasteiger partial charge is 0.489 e. The number of thiophene rings is 1. The van der Waals surface area contributed by atoms with Crippen LogP contribution in [0, 0.1) is 6.92 Å². The van der Waals surface area contributed by atoms with Gasteiger partial charge in [0.05, 0.1) is 23.7 Å². The minimum absolute atomic E-state index is 0.0181. The number of pyridine rings is 1. The van der Waals surface area contributed by atoms with Crippen molar-refractivity contribution >= 4 is 79.6 Å². The summed E-state index contributed by atoms with van der Waals surface area (Å²) >= 11 is 4.78. The van der Waals surface area contributed by atoms with Crippen LogP contribution in [-0.4, -0.2) is 64.7 Å². The highest BCUT2D eigenvalue weighted by Gasteiger charge is 2.26. The van der Waals surface area contributed by atoms with Gasteiger partial charge in [-0.1, -0.05) is 64.5 Å². The van der Waals surface area contributed by atoms with Crippen LogP contribution in [0.25, 0.3) is 10.1 Å². The molecule has 3 amide bonds. The van der Waals surface area contributed by atoms with Crippen molar-refractivity contribution < 1.29 is 43.4 Å². The summed E-state index contributed by atoms with van der Waals surface area (Å²) in [7, 11) is -1.77. The second kappa shape index (κ2) is 20.4. The van der Waals surface area contributed by atoms with Crippen LogP contribution in [0.1, 0.15) is 68.3 Å². The summed E-state index contributed by atoms with van der Waals surface area (Å²) in [4.78, 5) is 58.1. The van der Waals surface area contributed by atoms with Crippen LogP contribution in [0.3, 0.4) is 0 Å². The number of halogens is 1. The van der Waals surface area contributed by atoms with Gasteiger partial charge >= 0.3 is 19.2 Å². The summed E-state index contributed by atoms with van der Waals surface area (Å²) in [5.74, 6) is -0.711. The highest BCUT2D eigenvalue weighted by atomic mass is 79.9. The minimum Gasteiger partial charge on any atom is -0.487 e. The van der Waals surface area contributed by atoms with Crippen molar-refractivity contribution in [3.63, 3.8) is 0 Å². The second-order valence-corrected chi connectivity index (χ2v) is 16.3. The van der Waals surface area contributed by atoms with Crippen LogP contribution in [0.15, 0.2) is 94.9 Å². The predicted octanol–water partition coefficient (Wildman–Crippen LogP) is 6.25. The van der Waals surface area contributed by atoms with Crippen molar-refractivity contribution in [2.24, 2.45) is 0 Å².